The fourth-order valence-electron chi connectivity index (χ4n) is 0.322. The standard InChI is InChI=1S/C5H11NO.Li/c1-3-5(7)6-4-2;/h3-4H2,1-2H3,(H,6,7);/q;+1. The Morgan fingerprint density at radius 2 is 2.00 bits per heavy atom. The van der Waals surface area contributed by atoms with Gasteiger partial charge in [-0.3, -0.25) is 4.79 Å². The van der Waals surface area contributed by atoms with Gasteiger partial charge in [-0.05, 0) is 6.92 Å². The van der Waals surface area contributed by atoms with Crippen LogP contribution in [0.4, 0.5) is 0 Å². The SMILES string of the molecule is CCNC(=O)CC.[Li+]. The van der Waals surface area contributed by atoms with E-state index in [4.69, 9.17) is 0 Å². The first kappa shape index (κ1) is 10.9. The van der Waals surface area contributed by atoms with Gasteiger partial charge in [0.2, 0.25) is 5.91 Å². The molecule has 0 aliphatic heterocycles. The zero-order valence-electron chi connectivity index (χ0n) is 5.82. The van der Waals surface area contributed by atoms with Crippen LogP contribution < -0.4 is 24.2 Å². The van der Waals surface area contributed by atoms with Gasteiger partial charge in [0, 0.05) is 13.0 Å². The van der Waals surface area contributed by atoms with Crippen molar-refractivity contribution in [2.45, 2.75) is 20.3 Å². The summed E-state index contributed by atoms with van der Waals surface area (Å²) < 4.78 is 0. The maximum atomic E-state index is 10.3. The van der Waals surface area contributed by atoms with Gasteiger partial charge >= 0.3 is 18.9 Å². The maximum Gasteiger partial charge on any atom is 1.00 e. The van der Waals surface area contributed by atoms with Gasteiger partial charge in [0.15, 0.2) is 0 Å². The molecule has 42 valence electrons. The molecule has 0 aromatic carbocycles. The molecular weight excluding hydrogens is 97.0 g/mol. The molecule has 0 heterocycles. The van der Waals surface area contributed by atoms with Crippen molar-refractivity contribution in [3.8, 4) is 0 Å². The molecule has 0 aliphatic carbocycles. The van der Waals surface area contributed by atoms with Crippen LogP contribution in [0.5, 0.6) is 0 Å². The van der Waals surface area contributed by atoms with Gasteiger partial charge in [0.25, 0.3) is 0 Å². The Kier molecular flexibility index (Phi) is 9.67. The first-order valence-corrected chi connectivity index (χ1v) is 2.58. The molecule has 0 bridgehead atoms. The minimum Gasteiger partial charge on any atom is -0.356 e. The van der Waals surface area contributed by atoms with Gasteiger partial charge in [-0.25, -0.2) is 0 Å². The van der Waals surface area contributed by atoms with E-state index in [2.05, 4.69) is 5.32 Å². The number of amides is 1. The van der Waals surface area contributed by atoms with Crippen LogP contribution in [0.1, 0.15) is 20.3 Å². The Morgan fingerprint density at radius 3 is 2.12 bits per heavy atom. The Balaban J connectivity index is 0. The Morgan fingerprint density at radius 1 is 1.50 bits per heavy atom. The molecule has 1 amide bonds. The largest absolute Gasteiger partial charge is 1.00 e. The van der Waals surface area contributed by atoms with E-state index in [-0.39, 0.29) is 24.8 Å². The summed E-state index contributed by atoms with van der Waals surface area (Å²) in [5, 5.41) is 2.66. The second kappa shape index (κ2) is 7.07. The molecule has 0 rings (SSSR count). The van der Waals surface area contributed by atoms with Crippen LogP contribution in [-0.2, 0) is 4.79 Å². The molecule has 0 aromatic heterocycles. The molecule has 0 fully saturated rings. The summed E-state index contributed by atoms with van der Waals surface area (Å²) in [6, 6.07) is 0. The van der Waals surface area contributed by atoms with E-state index in [0.29, 0.717) is 6.42 Å². The van der Waals surface area contributed by atoms with E-state index in [9.17, 15) is 4.79 Å². The van der Waals surface area contributed by atoms with Crippen molar-refractivity contribution in [2.24, 2.45) is 0 Å². The third-order valence-corrected chi connectivity index (χ3v) is 0.695. The average Bonchev–Trinajstić information content (AvgIpc) is 1.68. The molecule has 0 radical (unpaired) electrons. The summed E-state index contributed by atoms with van der Waals surface area (Å²) >= 11 is 0. The monoisotopic (exact) mass is 108 g/mol. The molecule has 0 saturated heterocycles. The number of hydrogen-bond donors (Lipinski definition) is 1. The van der Waals surface area contributed by atoms with E-state index >= 15 is 0 Å². The predicted molar refractivity (Wildman–Crippen MR) is 29.0 cm³/mol. The van der Waals surface area contributed by atoms with Crippen LogP contribution in [0.25, 0.3) is 0 Å². The molecule has 0 aliphatic rings. The molecule has 0 unspecified atom stereocenters. The van der Waals surface area contributed by atoms with Crippen molar-refractivity contribution < 1.29 is 23.7 Å². The second-order valence-electron chi connectivity index (χ2n) is 1.31. The molecule has 0 aromatic rings. The van der Waals surface area contributed by atoms with Crippen LogP contribution in [-0.4, -0.2) is 12.5 Å². The molecule has 2 nitrogen and oxygen atoms in total. The zero-order chi connectivity index (χ0) is 5.70. The van der Waals surface area contributed by atoms with Crippen molar-refractivity contribution in [3.63, 3.8) is 0 Å². The van der Waals surface area contributed by atoms with Crippen LogP contribution in [0, 0.1) is 0 Å². The number of carbonyl (C=O) groups excluding carboxylic acids is 1. The Bertz CT molecular complexity index is 65.4. The average molecular weight is 108 g/mol. The van der Waals surface area contributed by atoms with E-state index in [1.807, 2.05) is 13.8 Å². The van der Waals surface area contributed by atoms with E-state index < -0.39 is 0 Å². The molecular formula is C5H11LiNO+. The summed E-state index contributed by atoms with van der Waals surface area (Å²) in [4.78, 5) is 10.3. The van der Waals surface area contributed by atoms with E-state index in [1.165, 1.54) is 0 Å². The Labute approximate surface area is 62.2 Å². The molecule has 1 N–H and O–H groups in total. The fourth-order valence-corrected chi connectivity index (χ4v) is 0.322. The predicted octanol–water partition coefficient (Wildman–Crippen LogP) is -2.46. The first-order valence-electron chi connectivity index (χ1n) is 2.58. The molecule has 3 heteroatoms. The fraction of sp³-hybridized carbons (Fsp3) is 0.800. The number of rotatable bonds is 2. The third kappa shape index (κ3) is 6.07. The van der Waals surface area contributed by atoms with Gasteiger partial charge in [-0.2, -0.15) is 0 Å². The summed E-state index contributed by atoms with van der Waals surface area (Å²) in [6.07, 6.45) is 0.591. The second-order valence-corrected chi connectivity index (χ2v) is 1.31. The zero-order valence-corrected chi connectivity index (χ0v) is 5.82. The van der Waals surface area contributed by atoms with Gasteiger partial charge in [0.05, 0.1) is 0 Å². The first-order chi connectivity index (χ1) is 3.31. The van der Waals surface area contributed by atoms with Gasteiger partial charge in [0.1, 0.15) is 0 Å². The van der Waals surface area contributed by atoms with Gasteiger partial charge in [-0.1, -0.05) is 6.92 Å². The summed E-state index contributed by atoms with van der Waals surface area (Å²) in [5.74, 6) is 0.127. The number of hydrogen-bond acceptors (Lipinski definition) is 1. The van der Waals surface area contributed by atoms with Crippen molar-refractivity contribution in [3.05, 3.63) is 0 Å². The smallest absolute Gasteiger partial charge is 0.356 e. The maximum absolute atomic E-state index is 10.3. The van der Waals surface area contributed by atoms with Crippen LogP contribution in [0.15, 0.2) is 0 Å². The Hall–Kier alpha value is 0.0674. The van der Waals surface area contributed by atoms with Crippen molar-refractivity contribution >= 4 is 5.91 Å². The summed E-state index contributed by atoms with van der Waals surface area (Å²) in [7, 11) is 0. The number of nitrogens with one attached hydrogen (secondary N) is 1. The summed E-state index contributed by atoms with van der Waals surface area (Å²) in [6.45, 7) is 4.49. The molecule has 8 heavy (non-hydrogen) atoms. The van der Waals surface area contributed by atoms with Gasteiger partial charge in [-0.15, -0.1) is 0 Å². The van der Waals surface area contributed by atoms with Crippen molar-refractivity contribution in [2.75, 3.05) is 6.54 Å². The van der Waals surface area contributed by atoms with Crippen LogP contribution in [0.2, 0.25) is 0 Å². The minimum atomic E-state index is 0. The van der Waals surface area contributed by atoms with E-state index in [0.717, 1.165) is 6.54 Å². The van der Waals surface area contributed by atoms with E-state index in [1.54, 1.807) is 0 Å². The molecule has 0 saturated carbocycles. The topological polar surface area (TPSA) is 29.1 Å². The minimum absolute atomic E-state index is 0. The quantitative estimate of drug-likeness (QED) is 0.390. The number of carbonyl (C=O) groups is 1. The van der Waals surface area contributed by atoms with Gasteiger partial charge < -0.3 is 5.32 Å². The summed E-state index contributed by atoms with van der Waals surface area (Å²) in [5.41, 5.74) is 0. The van der Waals surface area contributed by atoms with Crippen LogP contribution >= 0.6 is 0 Å². The normalized spacial score (nSPS) is 7.25. The van der Waals surface area contributed by atoms with Crippen molar-refractivity contribution in [1.82, 2.24) is 5.32 Å². The van der Waals surface area contributed by atoms with Crippen molar-refractivity contribution in [1.29, 1.82) is 0 Å². The molecule has 0 spiro atoms. The molecule has 0 atom stereocenters. The third-order valence-electron chi connectivity index (χ3n) is 0.695. The van der Waals surface area contributed by atoms with Crippen LogP contribution in [0.3, 0.4) is 0 Å².